The molecule has 0 saturated carbocycles. The van der Waals surface area contributed by atoms with E-state index in [0.29, 0.717) is 17.1 Å². The summed E-state index contributed by atoms with van der Waals surface area (Å²) in [5.41, 5.74) is 1.30. The highest BCUT2D eigenvalue weighted by Gasteiger charge is 2.17. The molecule has 0 aliphatic heterocycles. The summed E-state index contributed by atoms with van der Waals surface area (Å²) in [6, 6.07) is 5.59. The summed E-state index contributed by atoms with van der Waals surface area (Å²) >= 11 is 0. The van der Waals surface area contributed by atoms with Gasteiger partial charge in [0.15, 0.2) is 12.1 Å². The van der Waals surface area contributed by atoms with E-state index in [1.165, 1.54) is 0 Å². The van der Waals surface area contributed by atoms with Gasteiger partial charge in [-0.1, -0.05) is 6.07 Å². The fourth-order valence-corrected chi connectivity index (χ4v) is 1.73. The Labute approximate surface area is 99.7 Å². The smallest absolute Gasteiger partial charge is 0.155 e. The number of anilines is 1. The summed E-state index contributed by atoms with van der Waals surface area (Å²) in [5, 5.41) is 4.35. The van der Waals surface area contributed by atoms with Gasteiger partial charge in [-0.15, -0.1) is 0 Å². The third kappa shape index (κ3) is 1.91. The molecule has 17 heavy (non-hydrogen) atoms. The summed E-state index contributed by atoms with van der Waals surface area (Å²) < 4.78 is 1.68. The molecule has 0 atom stereocenters. The minimum absolute atomic E-state index is 0.598. The van der Waals surface area contributed by atoms with E-state index >= 15 is 0 Å². The van der Waals surface area contributed by atoms with Crippen LogP contribution in [-0.4, -0.2) is 35.1 Å². The molecule has 5 heteroatoms. The van der Waals surface area contributed by atoms with E-state index in [9.17, 15) is 4.79 Å². The van der Waals surface area contributed by atoms with Crippen molar-refractivity contribution >= 4 is 12.1 Å². The van der Waals surface area contributed by atoms with Gasteiger partial charge in [-0.2, -0.15) is 9.78 Å². The fourth-order valence-electron chi connectivity index (χ4n) is 1.73. The molecule has 88 valence electrons. The number of aromatic nitrogens is 3. The zero-order valence-corrected chi connectivity index (χ0v) is 10.1. The van der Waals surface area contributed by atoms with Crippen molar-refractivity contribution < 1.29 is 4.79 Å². The molecule has 0 spiro atoms. The lowest BCUT2D eigenvalue weighted by Crippen LogP contribution is -2.16. The Bertz CT molecular complexity index is 531. The molecule has 5 nitrogen and oxygen atoms in total. The van der Waals surface area contributed by atoms with Crippen molar-refractivity contribution in [2.75, 3.05) is 19.0 Å². The standard InChI is InChI=1S/C12H14N4O/c1-9-10(8-17)12(15(2)3)16(14-9)11-6-4-5-7-13-11/h4-8H,1-3H3. The topological polar surface area (TPSA) is 51.0 Å². The lowest BCUT2D eigenvalue weighted by atomic mass is 10.2. The lowest BCUT2D eigenvalue weighted by molar-refractivity contribution is 0.112. The third-order valence-electron chi connectivity index (χ3n) is 2.49. The predicted octanol–water partition coefficient (Wildman–Crippen LogP) is 1.45. The van der Waals surface area contributed by atoms with E-state index in [0.717, 1.165) is 12.1 Å². The molecule has 0 aliphatic rings. The van der Waals surface area contributed by atoms with Crippen molar-refractivity contribution in [3.05, 3.63) is 35.7 Å². The van der Waals surface area contributed by atoms with Gasteiger partial charge in [0.25, 0.3) is 0 Å². The molecule has 0 aliphatic carbocycles. The second kappa shape index (κ2) is 4.37. The van der Waals surface area contributed by atoms with Gasteiger partial charge in [-0.25, -0.2) is 4.98 Å². The molecule has 0 radical (unpaired) electrons. The van der Waals surface area contributed by atoms with Crippen molar-refractivity contribution in [2.45, 2.75) is 6.92 Å². The van der Waals surface area contributed by atoms with Crippen LogP contribution in [0.1, 0.15) is 16.1 Å². The molecular weight excluding hydrogens is 216 g/mol. The summed E-state index contributed by atoms with van der Waals surface area (Å²) in [5.74, 6) is 1.45. The molecule has 2 aromatic heterocycles. The molecule has 0 saturated heterocycles. The van der Waals surface area contributed by atoms with Crippen molar-refractivity contribution in [1.29, 1.82) is 0 Å². The Morgan fingerprint density at radius 2 is 2.12 bits per heavy atom. The van der Waals surface area contributed by atoms with Crippen LogP contribution in [0, 0.1) is 6.92 Å². The van der Waals surface area contributed by atoms with Gasteiger partial charge in [0.05, 0.1) is 11.3 Å². The van der Waals surface area contributed by atoms with E-state index in [1.807, 2.05) is 44.1 Å². The van der Waals surface area contributed by atoms with Gasteiger partial charge in [-0.05, 0) is 19.1 Å². The van der Waals surface area contributed by atoms with Crippen LogP contribution in [-0.2, 0) is 0 Å². The number of hydrogen-bond donors (Lipinski definition) is 0. The summed E-state index contributed by atoms with van der Waals surface area (Å²) in [7, 11) is 3.76. The van der Waals surface area contributed by atoms with Crippen LogP contribution in [0.5, 0.6) is 0 Å². The number of rotatable bonds is 3. The van der Waals surface area contributed by atoms with Gasteiger partial charge < -0.3 is 4.90 Å². The Kier molecular flexibility index (Phi) is 2.91. The number of carbonyl (C=O) groups excluding carboxylic acids is 1. The molecule has 0 unspecified atom stereocenters. The highest BCUT2D eigenvalue weighted by Crippen LogP contribution is 2.23. The number of hydrogen-bond acceptors (Lipinski definition) is 4. The Morgan fingerprint density at radius 3 is 2.65 bits per heavy atom. The first-order chi connectivity index (χ1) is 8.15. The maximum Gasteiger partial charge on any atom is 0.155 e. The Balaban J connectivity index is 2.66. The average molecular weight is 230 g/mol. The van der Waals surface area contributed by atoms with Gasteiger partial charge in [0, 0.05) is 20.3 Å². The Hall–Kier alpha value is -2.17. The van der Waals surface area contributed by atoms with Crippen LogP contribution in [0.15, 0.2) is 24.4 Å². The molecule has 0 N–H and O–H groups in total. The lowest BCUT2D eigenvalue weighted by Gasteiger charge is -2.14. The monoisotopic (exact) mass is 230 g/mol. The van der Waals surface area contributed by atoms with Gasteiger partial charge in [0.1, 0.15) is 5.82 Å². The number of pyridine rings is 1. The van der Waals surface area contributed by atoms with Crippen molar-refractivity contribution in [1.82, 2.24) is 14.8 Å². The number of nitrogens with zero attached hydrogens (tertiary/aromatic N) is 4. The molecule has 2 aromatic rings. The van der Waals surface area contributed by atoms with E-state index in [2.05, 4.69) is 10.1 Å². The third-order valence-corrected chi connectivity index (χ3v) is 2.49. The molecule has 0 fully saturated rings. The van der Waals surface area contributed by atoms with Crippen LogP contribution >= 0.6 is 0 Å². The molecule has 0 bridgehead atoms. The van der Waals surface area contributed by atoms with Crippen LogP contribution in [0.2, 0.25) is 0 Å². The van der Waals surface area contributed by atoms with E-state index in [4.69, 9.17) is 0 Å². The largest absolute Gasteiger partial charge is 0.362 e. The maximum absolute atomic E-state index is 11.1. The first-order valence-electron chi connectivity index (χ1n) is 5.28. The molecule has 2 heterocycles. The molecule has 0 amide bonds. The minimum Gasteiger partial charge on any atom is -0.362 e. The summed E-state index contributed by atoms with van der Waals surface area (Å²) in [6.45, 7) is 1.82. The van der Waals surface area contributed by atoms with Crippen LogP contribution in [0.4, 0.5) is 5.82 Å². The summed E-state index contributed by atoms with van der Waals surface area (Å²) in [6.07, 6.45) is 2.53. The fraction of sp³-hybridized carbons (Fsp3) is 0.250. The Morgan fingerprint density at radius 1 is 1.35 bits per heavy atom. The zero-order valence-electron chi connectivity index (χ0n) is 10.1. The normalized spacial score (nSPS) is 10.3. The maximum atomic E-state index is 11.1. The van der Waals surface area contributed by atoms with Gasteiger partial charge >= 0.3 is 0 Å². The van der Waals surface area contributed by atoms with Crippen molar-refractivity contribution in [3.63, 3.8) is 0 Å². The van der Waals surface area contributed by atoms with E-state index < -0.39 is 0 Å². The highest BCUT2D eigenvalue weighted by molar-refractivity contribution is 5.85. The SMILES string of the molecule is Cc1nn(-c2ccccn2)c(N(C)C)c1C=O. The zero-order chi connectivity index (χ0) is 12.4. The number of aryl methyl sites for hydroxylation is 1. The van der Waals surface area contributed by atoms with Crippen LogP contribution < -0.4 is 4.90 Å². The summed E-state index contributed by atoms with van der Waals surface area (Å²) in [4.78, 5) is 17.2. The minimum atomic E-state index is 0.598. The first-order valence-corrected chi connectivity index (χ1v) is 5.28. The molecule has 0 aromatic carbocycles. The van der Waals surface area contributed by atoms with Crippen LogP contribution in [0.25, 0.3) is 5.82 Å². The highest BCUT2D eigenvalue weighted by atomic mass is 16.1. The van der Waals surface area contributed by atoms with E-state index in [-0.39, 0.29) is 0 Å². The molecular formula is C12H14N4O. The first kappa shape index (κ1) is 11.3. The second-order valence-corrected chi connectivity index (χ2v) is 3.93. The molecule has 2 rings (SSSR count). The van der Waals surface area contributed by atoms with Crippen molar-refractivity contribution in [3.8, 4) is 5.82 Å². The number of aldehydes is 1. The van der Waals surface area contributed by atoms with E-state index in [1.54, 1.807) is 10.9 Å². The van der Waals surface area contributed by atoms with Crippen LogP contribution in [0.3, 0.4) is 0 Å². The van der Waals surface area contributed by atoms with Crippen molar-refractivity contribution in [2.24, 2.45) is 0 Å². The van der Waals surface area contributed by atoms with Gasteiger partial charge in [0.2, 0.25) is 0 Å². The number of carbonyl (C=O) groups is 1. The average Bonchev–Trinajstić information content (AvgIpc) is 2.67. The second-order valence-electron chi connectivity index (χ2n) is 3.93. The quantitative estimate of drug-likeness (QED) is 0.749. The predicted molar refractivity (Wildman–Crippen MR) is 65.8 cm³/mol. The van der Waals surface area contributed by atoms with Gasteiger partial charge in [-0.3, -0.25) is 4.79 Å².